The largest absolute Gasteiger partial charge is 0.505 e. The normalized spacial score (nSPS) is 10.0. The van der Waals surface area contributed by atoms with E-state index in [0.29, 0.717) is 5.75 Å². The average Bonchev–Trinajstić information content (AvgIpc) is 2.60. The van der Waals surface area contributed by atoms with Crippen molar-refractivity contribution in [3.63, 3.8) is 0 Å². The molecule has 0 bridgehead atoms. The molecular formula is C16H17N3O5. The highest BCUT2D eigenvalue weighted by Gasteiger charge is 2.16. The first-order chi connectivity index (χ1) is 11.6. The first kappa shape index (κ1) is 17.2. The molecule has 0 saturated carbocycles. The van der Waals surface area contributed by atoms with Crippen LogP contribution in [-0.2, 0) is 4.79 Å². The lowest BCUT2D eigenvalue weighted by atomic mass is 10.3. The zero-order valence-corrected chi connectivity index (χ0v) is 12.8. The molecule has 1 aromatic heterocycles. The summed E-state index contributed by atoms with van der Waals surface area (Å²) in [6, 6.07) is 11.9. The van der Waals surface area contributed by atoms with E-state index in [1.165, 1.54) is 12.1 Å². The molecule has 2 aromatic rings. The number of pyridine rings is 1. The second kappa shape index (κ2) is 8.49. The predicted molar refractivity (Wildman–Crippen MR) is 84.9 cm³/mol. The van der Waals surface area contributed by atoms with Gasteiger partial charge in [0.25, 0.3) is 5.91 Å². The SMILES string of the molecule is NCC(=O)NC(=O)c1nc(OCCOc2ccccc2)ccc1O. The fourth-order valence-corrected chi connectivity index (χ4v) is 1.74. The van der Waals surface area contributed by atoms with E-state index in [-0.39, 0.29) is 37.1 Å². The van der Waals surface area contributed by atoms with Crippen molar-refractivity contribution in [3.8, 4) is 17.4 Å². The van der Waals surface area contributed by atoms with Gasteiger partial charge in [-0.15, -0.1) is 0 Å². The van der Waals surface area contributed by atoms with E-state index < -0.39 is 11.8 Å². The lowest BCUT2D eigenvalue weighted by Gasteiger charge is -2.09. The average molecular weight is 331 g/mol. The highest BCUT2D eigenvalue weighted by atomic mass is 16.5. The summed E-state index contributed by atoms with van der Waals surface area (Å²) in [4.78, 5) is 26.8. The molecule has 0 aliphatic carbocycles. The van der Waals surface area contributed by atoms with Gasteiger partial charge in [-0.3, -0.25) is 14.9 Å². The smallest absolute Gasteiger partial charge is 0.280 e. The molecule has 0 fully saturated rings. The van der Waals surface area contributed by atoms with Gasteiger partial charge in [0.2, 0.25) is 11.8 Å². The van der Waals surface area contributed by atoms with Crippen LogP contribution in [0.15, 0.2) is 42.5 Å². The van der Waals surface area contributed by atoms with Crippen molar-refractivity contribution in [2.45, 2.75) is 0 Å². The Morgan fingerprint density at radius 2 is 1.79 bits per heavy atom. The van der Waals surface area contributed by atoms with E-state index in [0.717, 1.165) is 0 Å². The van der Waals surface area contributed by atoms with E-state index in [1.54, 1.807) is 0 Å². The highest BCUT2D eigenvalue weighted by molar-refractivity contribution is 6.05. The van der Waals surface area contributed by atoms with Gasteiger partial charge in [-0.25, -0.2) is 4.98 Å². The Kier molecular flexibility index (Phi) is 6.09. The van der Waals surface area contributed by atoms with Crippen LogP contribution in [0.5, 0.6) is 17.4 Å². The molecule has 0 aliphatic heterocycles. The van der Waals surface area contributed by atoms with Crippen LogP contribution in [0.1, 0.15) is 10.5 Å². The third-order valence-electron chi connectivity index (χ3n) is 2.85. The number of ether oxygens (including phenoxy) is 2. The molecule has 8 nitrogen and oxygen atoms in total. The number of carbonyl (C=O) groups excluding carboxylic acids is 2. The molecule has 2 amide bonds. The van der Waals surface area contributed by atoms with Crippen molar-refractivity contribution in [3.05, 3.63) is 48.2 Å². The Morgan fingerprint density at radius 1 is 1.08 bits per heavy atom. The Balaban J connectivity index is 1.90. The number of hydrogen-bond acceptors (Lipinski definition) is 7. The Labute approximate surface area is 138 Å². The summed E-state index contributed by atoms with van der Waals surface area (Å²) in [5, 5.41) is 11.7. The minimum absolute atomic E-state index is 0.120. The first-order valence-corrected chi connectivity index (χ1v) is 7.15. The molecule has 0 radical (unpaired) electrons. The molecule has 24 heavy (non-hydrogen) atoms. The minimum atomic E-state index is -0.853. The van der Waals surface area contributed by atoms with Gasteiger partial charge in [-0.05, 0) is 18.2 Å². The number of nitrogens with zero attached hydrogens (tertiary/aromatic N) is 1. The fraction of sp³-hybridized carbons (Fsp3) is 0.188. The summed E-state index contributed by atoms with van der Waals surface area (Å²) in [5.74, 6) is -1.07. The van der Waals surface area contributed by atoms with Crippen LogP contribution in [0.4, 0.5) is 0 Å². The quantitative estimate of drug-likeness (QED) is 0.630. The summed E-state index contributed by atoms with van der Waals surface area (Å²) in [5.41, 5.74) is 4.79. The lowest BCUT2D eigenvalue weighted by Crippen LogP contribution is -2.35. The highest BCUT2D eigenvalue weighted by Crippen LogP contribution is 2.18. The minimum Gasteiger partial charge on any atom is -0.505 e. The number of para-hydroxylation sites is 1. The topological polar surface area (TPSA) is 124 Å². The maximum atomic E-state index is 11.8. The molecule has 0 spiro atoms. The zero-order valence-electron chi connectivity index (χ0n) is 12.8. The number of imide groups is 1. The van der Waals surface area contributed by atoms with Crippen molar-refractivity contribution >= 4 is 11.8 Å². The van der Waals surface area contributed by atoms with Crippen LogP contribution < -0.4 is 20.5 Å². The van der Waals surface area contributed by atoms with Crippen molar-refractivity contribution in [2.24, 2.45) is 5.73 Å². The third kappa shape index (κ3) is 4.96. The number of nitrogens with one attached hydrogen (secondary N) is 1. The Morgan fingerprint density at radius 3 is 2.50 bits per heavy atom. The van der Waals surface area contributed by atoms with Crippen molar-refractivity contribution < 1.29 is 24.2 Å². The number of rotatable bonds is 7. The summed E-state index contributed by atoms with van der Waals surface area (Å²) >= 11 is 0. The molecule has 0 unspecified atom stereocenters. The molecule has 1 heterocycles. The molecule has 126 valence electrons. The third-order valence-corrected chi connectivity index (χ3v) is 2.85. The zero-order chi connectivity index (χ0) is 17.4. The Bertz CT molecular complexity index is 706. The van der Waals surface area contributed by atoms with Gasteiger partial charge in [-0.2, -0.15) is 0 Å². The van der Waals surface area contributed by atoms with Crippen LogP contribution in [0, 0.1) is 0 Å². The number of aromatic hydroxyl groups is 1. The van der Waals surface area contributed by atoms with Gasteiger partial charge in [0.15, 0.2) is 5.69 Å². The van der Waals surface area contributed by atoms with Crippen LogP contribution in [0.25, 0.3) is 0 Å². The fourth-order valence-electron chi connectivity index (χ4n) is 1.74. The summed E-state index contributed by atoms with van der Waals surface area (Å²) in [6.07, 6.45) is 0. The standard InChI is InChI=1S/C16H17N3O5/c17-10-13(21)18-16(22)15-12(20)6-7-14(19-15)24-9-8-23-11-4-2-1-3-5-11/h1-7,20H,8-10,17H2,(H,18,21,22). The van der Waals surface area contributed by atoms with Crippen LogP contribution in [0.2, 0.25) is 0 Å². The lowest BCUT2D eigenvalue weighted by molar-refractivity contribution is -0.118. The van der Waals surface area contributed by atoms with Crippen molar-refractivity contribution in [1.82, 2.24) is 10.3 Å². The van der Waals surface area contributed by atoms with Crippen LogP contribution in [0.3, 0.4) is 0 Å². The molecule has 0 aliphatic rings. The van der Waals surface area contributed by atoms with E-state index in [9.17, 15) is 14.7 Å². The summed E-state index contributed by atoms with van der Waals surface area (Å²) in [6.45, 7) is 0.120. The number of carbonyl (C=O) groups is 2. The van der Waals surface area contributed by atoms with E-state index in [4.69, 9.17) is 15.2 Å². The van der Waals surface area contributed by atoms with Gasteiger partial charge in [0.05, 0.1) is 6.54 Å². The predicted octanol–water partition coefficient (Wildman–Crippen LogP) is 0.460. The number of hydrogen-bond donors (Lipinski definition) is 3. The second-order valence-corrected chi connectivity index (χ2v) is 4.61. The van der Waals surface area contributed by atoms with Crippen molar-refractivity contribution in [1.29, 1.82) is 0 Å². The number of benzene rings is 1. The van der Waals surface area contributed by atoms with E-state index in [1.807, 2.05) is 35.6 Å². The molecule has 8 heteroatoms. The Hall–Kier alpha value is -3.13. The van der Waals surface area contributed by atoms with Gasteiger partial charge in [0.1, 0.15) is 24.7 Å². The molecule has 1 aromatic carbocycles. The molecule has 0 atom stereocenters. The maximum Gasteiger partial charge on any atom is 0.280 e. The number of amides is 2. The molecule has 4 N–H and O–H groups in total. The molecular weight excluding hydrogens is 314 g/mol. The summed E-state index contributed by atoms with van der Waals surface area (Å²) < 4.78 is 10.8. The van der Waals surface area contributed by atoms with Gasteiger partial charge in [0, 0.05) is 6.07 Å². The molecule has 2 rings (SSSR count). The van der Waals surface area contributed by atoms with E-state index >= 15 is 0 Å². The first-order valence-electron chi connectivity index (χ1n) is 7.15. The van der Waals surface area contributed by atoms with Crippen molar-refractivity contribution in [2.75, 3.05) is 19.8 Å². The number of nitrogens with two attached hydrogens (primary N) is 1. The molecule has 0 saturated heterocycles. The maximum absolute atomic E-state index is 11.8. The van der Waals surface area contributed by atoms with Gasteiger partial charge in [-0.1, -0.05) is 18.2 Å². The van der Waals surface area contributed by atoms with Crippen LogP contribution >= 0.6 is 0 Å². The monoisotopic (exact) mass is 331 g/mol. The van der Waals surface area contributed by atoms with Gasteiger partial charge < -0.3 is 20.3 Å². The number of aromatic nitrogens is 1. The summed E-state index contributed by atoms with van der Waals surface area (Å²) in [7, 11) is 0. The second-order valence-electron chi connectivity index (χ2n) is 4.61. The van der Waals surface area contributed by atoms with Crippen LogP contribution in [-0.4, -0.2) is 41.7 Å². The van der Waals surface area contributed by atoms with Gasteiger partial charge >= 0.3 is 0 Å². The van der Waals surface area contributed by atoms with E-state index in [2.05, 4.69) is 4.98 Å².